The van der Waals surface area contributed by atoms with Crippen LogP contribution in [0.25, 0.3) is 5.69 Å². The summed E-state index contributed by atoms with van der Waals surface area (Å²) in [5.41, 5.74) is 4.94. The molecule has 0 radical (unpaired) electrons. The number of anilines is 1. The van der Waals surface area contributed by atoms with Gasteiger partial charge in [-0.25, -0.2) is 4.68 Å². The summed E-state index contributed by atoms with van der Waals surface area (Å²) in [7, 11) is -0.915. The topological polar surface area (TPSA) is 64.0 Å². The van der Waals surface area contributed by atoms with Crippen LogP contribution in [0.4, 0.5) is 5.82 Å². The van der Waals surface area contributed by atoms with E-state index in [0.717, 1.165) is 22.5 Å². The second kappa shape index (κ2) is 5.11. The first-order valence-electron chi connectivity index (χ1n) is 6.77. The summed E-state index contributed by atoms with van der Waals surface area (Å²) in [5, 5.41) is 7.42. The molecule has 1 atom stereocenters. The van der Waals surface area contributed by atoms with Crippen molar-refractivity contribution in [2.45, 2.75) is 32.3 Å². The van der Waals surface area contributed by atoms with E-state index in [4.69, 9.17) is 0 Å². The number of carbonyl (C=O) groups is 1. The molecule has 0 bridgehead atoms. The summed E-state index contributed by atoms with van der Waals surface area (Å²) in [6.07, 6.45) is 0. The maximum absolute atomic E-state index is 11.7. The Morgan fingerprint density at radius 1 is 1.33 bits per heavy atom. The lowest BCUT2D eigenvalue weighted by Gasteiger charge is -2.13. The van der Waals surface area contributed by atoms with E-state index in [2.05, 4.69) is 10.4 Å². The van der Waals surface area contributed by atoms with E-state index in [9.17, 15) is 9.00 Å². The first-order chi connectivity index (χ1) is 9.97. The number of fused-ring (bicyclic) bond motifs is 1. The van der Waals surface area contributed by atoms with Crippen LogP contribution in [0.3, 0.4) is 0 Å². The minimum absolute atomic E-state index is 0.151. The second-order valence-corrected chi connectivity index (χ2v) is 6.77. The molecule has 0 aliphatic carbocycles. The van der Waals surface area contributed by atoms with E-state index in [0.29, 0.717) is 17.3 Å². The van der Waals surface area contributed by atoms with Crippen molar-refractivity contribution in [2.24, 2.45) is 0 Å². The average Bonchev–Trinajstić information content (AvgIpc) is 2.91. The summed E-state index contributed by atoms with van der Waals surface area (Å²) in [6, 6.07) is 6.00. The highest BCUT2D eigenvalue weighted by atomic mass is 32.2. The fourth-order valence-electron chi connectivity index (χ4n) is 2.56. The molecule has 21 heavy (non-hydrogen) atoms. The van der Waals surface area contributed by atoms with Crippen LogP contribution in [0, 0.1) is 13.8 Å². The summed E-state index contributed by atoms with van der Waals surface area (Å²) < 4.78 is 13.5. The maximum Gasteiger partial charge on any atom is 0.222 e. The Balaban J connectivity index is 2.19. The fraction of sp³-hybridized carbons (Fsp3) is 0.333. The average molecular weight is 303 g/mol. The Bertz CT molecular complexity index is 765. The molecule has 1 aromatic carbocycles. The van der Waals surface area contributed by atoms with Gasteiger partial charge in [0.2, 0.25) is 5.91 Å². The Morgan fingerprint density at radius 2 is 2.10 bits per heavy atom. The minimum atomic E-state index is -0.915. The molecule has 0 fully saturated rings. The standard InChI is InChI=1S/C15H17N3O2S/c1-9-5-4-6-14(10(9)2)18-15(16-11(3)19)12-7-21(20)8-13(12)17-18/h4-6H,7-8H2,1-3H3,(H,16,19)/t21-/m0/s1. The van der Waals surface area contributed by atoms with E-state index < -0.39 is 10.8 Å². The smallest absolute Gasteiger partial charge is 0.222 e. The quantitative estimate of drug-likeness (QED) is 0.925. The molecule has 1 aliphatic rings. The zero-order valence-electron chi connectivity index (χ0n) is 12.3. The molecule has 2 aromatic rings. The Labute approximate surface area is 125 Å². The monoisotopic (exact) mass is 303 g/mol. The molecule has 0 spiro atoms. The molecular weight excluding hydrogens is 286 g/mol. The summed E-state index contributed by atoms with van der Waals surface area (Å²) >= 11 is 0. The Kier molecular flexibility index (Phi) is 3.41. The van der Waals surface area contributed by atoms with Gasteiger partial charge in [-0.3, -0.25) is 9.00 Å². The summed E-state index contributed by atoms with van der Waals surface area (Å²) in [5.74, 6) is 1.41. The third-order valence-electron chi connectivity index (χ3n) is 3.77. The van der Waals surface area contributed by atoms with E-state index in [1.807, 2.05) is 32.0 Å². The molecule has 5 nitrogen and oxygen atoms in total. The first kappa shape index (κ1) is 14.0. The number of amides is 1. The van der Waals surface area contributed by atoms with Crippen molar-refractivity contribution in [3.05, 3.63) is 40.6 Å². The molecule has 0 saturated heterocycles. The molecule has 0 saturated carbocycles. The largest absolute Gasteiger partial charge is 0.311 e. The molecule has 0 unspecified atom stereocenters. The van der Waals surface area contributed by atoms with E-state index in [-0.39, 0.29) is 5.91 Å². The van der Waals surface area contributed by atoms with Crippen LogP contribution in [0.1, 0.15) is 29.3 Å². The van der Waals surface area contributed by atoms with Crippen molar-refractivity contribution in [3.8, 4) is 5.69 Å². The highest BCUT2D eigenvalue weighted by Gasteiger charge is 2.28. The first-order valence-corrected chi connectivity index (χ1v) is 8.26. The van der Waals surface area contributed by atoms with Gasteiger partial charge in [-0.05, 0) is 31.0 Å². The molecule has 1 amide bonds. The van der Waals surface area contributed by atoms with Crippen LogP contribution >= 0.6 is 0 Å². The zero-order valence-corrected chi connectivity index (χ0v) is 13.1. The molecule has 1 aliphatic heterocycles. The van der Waals surface area contributed by atoms with Crippen molar-refractivity contribution in [1.82, 2.24) is 9.78 Å². The number of carbonyl (C=O) groups excluding carboxylic acids is 1. The van der Waals surface area contributed by atoms with Gasteiger partial charge in [-0.1, -0.05) is 12.1 Å². The molecule has 6 heteroatoms. The van der Waals surface area contributed by atoms with Gasteiger partial charge >= 0.3 is 0 Å². The minimum Gasteiger partial charge on any atom is -0.311 e. The van der Waals surface area contributed by atoms with Gasteiger partial charge in [0.25, 0.3) is 0 Å². The predicted octanol–water partition coefficient (Wildman–Crippen LogP) is 2.21. The fourth-order valence-corrected chi connectivity index (χ4v) is 3.83. The third-order valence-corrected chi connectivity index (χ3v) is 4.97. The predicted molar refractivity (Wildman–Crippen MR) is 82.9 cm³/mol. The van der Waals surface area contributed by atoms with Crippen molar-refractivity contribution >= 4 is 22.5 Å². The number of rotatable bonds is 2. The molecule has 1 aromatic heterocycles. The summed E-state index contributed by atoms with van der Waals surface area (Å²) in [4.78, 5) is 11.5. The van der Waals surface area contributed by atoms with Gasteiger partial charge in [0, 0.05) is 23.3 Å². The van der Waals surface area contributed by atoms with Crippen molar-refractivity contribution in [2.75, 3.05) is 5.32 Å². The molecule has 2 heterocycles. The second-order valence-electron chi connectivity index (χ2n) is 5.31. The Hall–Kier alpha value is -1.95. The number of aromatic nitrogens is 2. The Morgan fingerprint density at radius 3 is 2.81 bits per heavy atom. The van der Waals surface area contributed by atoms with Gasteiger partial charge in [0.1, 0.15) is 5.82 Å². The van der Waals surface area contributed by atoms with Crippen molar-refractivity contribution < 1.29 is 9.00 Å². The van der Waals surface area contributed by atoms with Gasteiger partial charge in [0.05, 0.1) is 22.9 Å². The van der Waals surface area contributed by atoms with Crippen molar-refractivity contribution in [1.29, 1.82) is 0 Å². The third kappa shape index (κ3) is 2.40. The van der Waals surface area contributed by atoms with E-state index in [1.54, 1.807) is 4.68 Å². The number of hydrogen-bond donors (Lipinski definition) is 1. The van der Waals surface area contributed by atoms with Gasteiger partial charge in [-0.2, -0.15) is 5.10 Å². The number of benzene rings is 1. The number of aryl methyl sites for hydroxylation is 1. The van der Waals surface area contributed by atoms with E-state index in [1.165, 1.54) is 12.5 Å². The van der Waals surface area contributed by atoms with Gasteiger partial charge in [0.15, 0.2) is 0 Å². The van der Waals surface area contributed by atoms with Gasteiger partial charge in [-0.15, -0.1) is 0 Å². The van der Waals surface area contributed by atoms with Crippen LogP contribution in [0.2, 0.25) is 0 Å². The molecule has 110 valence electrons. The van der Waals surface area contributed by atoms with Crippen LogP contribution in [-0.2, 0) is 27.1 Å². The molecule has 3 rings (SSSR count). The summed E-state index contributed by atoms with van der Waals surface area (Å²) in [6.45, 7) is 5.55. The highest BCUT2D eigenvalue weighted by molar-refractivity contribution is 7.83. The van der Waals surface area contributed by atoms with Crippen molar-refractivity contribution in [3.63, 3.8) is 0 Å². The number of nitrogens with one attached hydrogen (secondary N) is 1. The van der Waals surface area contributed by atoms with Crippen LogP contribution < -0.4 is 5.32 Å². The van der Waals surface area contributed by atoms with E-state index >= 15 is 0 Å². The molecule has 1 N–H and O–H groups in total. The van der Waals surface area contributed by atoms with Crippen LogP contribution in [0.5, 0.6) is 0 Å². The lowest BCUT2D eigenvalue weighted by molar-refractivity contribution is -0.114. The zero-order chi connectivity index (χ0) is 15.1. The highest BCUT2D eigenvalue weighted by Crippen LogP contribution is 2.32. The van der Waals surface area contributed by atoms with Gasteiger partial charge < -0.3 is 5.32 Å². The number of hydrogen-bond acceptors (Lipinski definition) is 3. The maximum atomic E-state index is 11.7. The van der Waals surface area contributed by atoms with Crippen LogP contribution in [0.15, 0.2) is 18.2 Å². The lowest BCUT2D eigenvalue weighted by atomic mass is 10.1. The number of nitrogens with zero attached hydrogens (tertiary/aromatic N) is 2. The van der Waals surface area contributed by atoms with Crippen LogP contribution in [-0.4, -0.2) is 19.9 Å². The normalized spacial score (nSPS) is 16.8. The SMILES string of the molecule is CC(=O)Nc1c2c(nn1-c1cccc(C)c1C)C[S@@](=O)C2. The molecular formula is C15H17N3O2S. The lowest BCUT2D eigenvalue weighted by Crippen LogP contribution is -2.13.